The Labute approximate surface area is 387 Å². The number of nitrogens with zero attached hydrogens (tertiary/aromatic N) is 2. The smallest absolute Gasteiger partial charge is 0.408 e. The van der Waals surface area contributed by atoms with Crippen LogP contribution in [0.25, 0.3) is 0 Å². The van der Waals surface area contributed by atoms with Crippen molar-refractivity contribution in [3.05, 3.63) is 65.2 Å². The first-order chi connectivity index (χ1) is 31.4. The van der Waals surface area contributed by atoms with E-state index in [0.29, 0.717) is 45.1 Å². The van der Waals surface area contributed by atoms with Crippen LogP contribution < -0.4 is 26.6 Å². The van der Waals surface area contributed by atoms with Crippen LogP contribution in [0.1, 0.15) is 97.3 Å². The summed E-state index contributed by atoms with van der Waals surface area (Å²) in [5.41, 5.74) is 4.04. The highest BCUT2D eigenvalue weighted by atomic mass is 16.6. The molecule has 1 fully saturated rings. The number of phenols is 1. The Morgan fingerprint density at radius 1 is 0.697 bits per heavy atom. The van der Waals surface area contributed by atoms with Gasteiger partial charge in [0.2, 0.25) is 17.7 Å². The first-order valence-electron chi connectivity index (χ1n) is 22.9. The fourth-order valence-corrected chi connectivity index (χ4v) is 7.88. The maximum Gasteiger partial charge on any atom is 0.408 e. The summed E-state index contributed by atoms with van der Waals surface area (Å²) in [6.45, 7) is 14.0. The fourth-order valence-electron chi connectivity index (χ4n) is 7.88. The summed E-state index contributed by atoms with van der Waals surface area (Å²) in [4.78, 5) is 76.7. The molecule has 18 nitrogen and oxygen atoms in total. The number of ketones is 1. The van der Waals surface area contributed by atoms with Gasteiger partial charge in [-0.2, -0.15) is 10.2 Å². The number of ether oxygens (including phenoxy) is 3. The summed E-state index contributed by atoms with van der Waals surface area (Å²) in [5.74, 6) is -3.20. The molecule has 362 valence electrons. The van der Waals surface area contributed by atoms with Crippen molar-refractivity contribution in [3.63, 3.8) is 0 Å². The van der Waals surface area contributed by atoms with Crippen molar-refractivity contribution in [2.45, 2.75) is 130 Å². The van der Waals surface area contributed by atoms with E-state index in [0.717, 1.165) is 41.0 Å². The van der Waals surface area contributed by atoms with Crippen molar-refractivity contribution in [1.82, 2.24) is 26.6 Å². The summed E-state index contributed by atoms with van der Waals surface area (Å²) in [5, 5.41) is 42.3. The van der Waals surface area contributed by atoms with Crippen molar-refractivity contribution in [2.24, 2.45) is 28.0 Å². The number of phenolic OH excluding ortho intramolecular Hbond substituents is 1. The number of rotatable bonds is 24. The average Bonchev–Trinajstić information content (AvgIpc) is 3.25. The van der Waals surface area contributed by atoms with Crippen molar-refractivity contribution in [2.75, 3.05) is 33.0 Å². The van der Waals surface area contributed by atoms with Gasteiger partial charge in [-0.05, 0) is 88.1 Å². The van der Waals surface area contributed by atoms with E-state index < -0.39 is 60.1 Å². The molecule has 4 rings (SSSR count). The second kappa shape index (κ2) is 26.4. The van der Waals surface area contributed by atoms with E-state index >= 15 is 0 Å². The van der Waals surface area contributed by atoms with Crippen molar-refractivity contribution in [3.8, 4) is 5.75 Å². The van der Waals surface area contributed by atoms with Crippen LogP contribution in [0.2, 0.25) is 0 Å². The molecule has 0 aromatic heterocycles. The van der Waals surface area contributed by atoms with Crippen molar-refractivity contribution in [1.29, 1.82) is 0 Å². The summed E-state index contributed by atoms with van der Waals surface area (Å²) >= 11 is 0. The van der Waals surface area contributed by atoms with E-state index in [1.165, 1.54) is 26.0 Å². The highest BCUT2D eigenvalue weighted by molar-refractivity contribution is 6.07. The van der Waals surface area contributed by atoms with E-state index in [9.17, 15) is 39.0 Å². The maximum absolute atomic E-state index is 13.1. The second-order valence-corrected chi connectivity index (χ2v) is 17.7. The molecule has 2 aromatic carbocycles. The van der Waals surface area contributed by atoms with Crippen LogP contribution in [0.5, 0.6) is 5.75 Å². The number of Topliss-reactive ketones (excluding diaryl/α,β-unsaturated/α-hetero) is 1. The SMILES string of the molecule is CC1=NN=C(c2ccc(C[C@H](NC(=O)COCCOCCNC(C)C)C(=O)O)cc2)C2CCCC(OC(=O)N[C@@H](C)C(=O)N[C@@H](C)C(=O)N[C@@H](Cc3ccc(O)cc3)C(=O)C(C)C)CCC12. The number of carbonyl (C=O) groups excluding carboxylic acids is 5. The number of aromatic hydroxyl groups is 1. The zero-order chi connectivity index (χ0) is 48.3. The van der Waals surface area contributed by atoms with Gasteiger partial charge in [-0.3, -0.25) is 19.2 Å². The topological polar surface area (TPSA) is 255 Å². The molecule has 7 atom stereocenters. The van der Waals surface area contributed by atoms with Gasteiger partial charge in [0.15, 0.2) is 5.78 Å². The van der Waals surface area contributed by atoms with Gasteiger partial charge in [-0.15, -0.1) is 0 Å². The third-order valence-corrected chi connectivity index (χ3v) is 11.6. The Morgan fingerprint density at radius 3 is 1.97 bits per heavy atom. The molecule has 66 heavy (non-hydrogen) atoms. The van der Waals surface area contributed by atoms with Crippen LogP contribution in [0, 0.1) is 17.8 Å². The van der Waals surface area contributed by atoms with Crippen molar-refractivity contribution >= 4 is 47.0 Å². The normalized spacial score (nSPS) is 19.1. The number of alkyl carbamates (subject to hydrolysis) is 1. The predicted molar refractivity (Wildman–Crippen MR) is 248 cm³/mol. The third-order valence-electron chi connectivity index (χ3n) is 11.6. The standard InChI is InChI=1S/C48H69N7O11/c1-28(2)44(58)40(25-34-13-17-36(56)18-14-34)53-46(60)31(6)50-45(59)32(7)51-48(63)66-37-9-8-10-39-38(20-19-37)30(5)54-55-43(39)35-15-11-33(12-16-35)26-41(47(61)62)52-42(57)27-65-24-23-64-22-21-49-29(3)4/h11-18,28-29,31-32,37-41,49,56H,8-10,19-27H2,1-7H3,(H,50,59)(H,51,63)(H,52,57)(H,53,60)(H,61,62)/t31-,32-,37?,38?,39?,40-,41-/m0/s1. The molecule has 2 aliphatic rings. The van der Waals surface area contributed by atoms with Gasteiger partial charge in [0.05, 0.1) is 31.6 Å². The predicted octanol–water partition coefficient (Wildman–Crippen LogP) is 3.85. The van der Waals surface area contributed by atoms with Gasteiger partial charge in [-0.25, -0.2) is 9.59 Å². The number of hydrogen-bond acceptors (Lipinski definition) is 13. The van der Waals surface area contributed by atoms with E-state index in [1.54, 1.807) is 26.0 Å². The van der Waals surface area contributed by atoms with Crippen LogP contribution in [0.15, 0.2) is 58.7 Å². The Balaban J connectivity index is 1.23. The van der Waals surface area contributed by atoms with E-state index in [4.69, 9.17) is 14.2 Å². The molecule has 1 heterocycles. The lowest BCUT2D eigenvalue weighted by molar-refractivity contribution is -0.142. The molecule has 0 saturated heterocycles. The summed E-state index contributed by atoms with van der Waals surface area (Å²) in [6.07, 6.45) is 2.43. The van der Waals surface area contributed by atoms with Crippen LogP contribution >= 0.6 is 0 Å². The summed E-state index contributed by atoms with van der Waals surface area (Å²) < 4.78 is 16.6. The van der Waals surface area contributed by atoms with Gasteiger partial charge in [0.1, 0.15) is 36.6 Å². The number of nitrogens with one attached hydrogen (secondary N) is 5. The summed E-state index contributed by atoms with van der Waals surface area (Å²) in [6, 6.07) is 10.1. The molecular weight excluding hydrogens is 851 g/mol. The average molecular weight is 920 g/mol. The van der Waals surface area contributed by atoms with E-state index in [-0.39, 0.29) is 55.3 Å². The minimum atomic E-state index is -1.16. The van der Waals surface area contributed by atoms with Gasteiger partial charge in [0.25, 0.3) is 0 Å². The molecule has 18 heteroatoms. The number of carboxylic acid groups (broad SMARTS) is 1. The van der Waals surface area contributed by atoms with Gasteiger partial charge in [0, 0.05) is 42.5 Å². The fraction of sp³-hybridized carbons (Fsp3) is 0.583. The zero-order valence-electron chi connectivity index (χ0n) is 39.3. The zero-order valence-corrected chi connectivity index (χ0v) is 39.3. The number of amides is 4. The largest absolute Gasteiger partial charge is 0.508 e. The second-order valence-electron chi connectivity index (χ2n) is 17.7. The molecular formula is C48H69N7O11. The number of carboxylic acids is 1. The molecule has 0 radical (unpaired) electrons. The number of carbonyl (C=O) groups is 6. The van der Waals surface area contributed by atoms with E-state index in [2.05, 4.69) is 36.8 Å². The lowest BCUT2D eigenvalue weighted by Crippen LogP contribution is -2.55. The van der Waals surface area contributed by atoms with E-state index in [1.807, 2.05) is 45.0 Å². The highest BCUT2D eigenvalue weighted by Crippen LogP contribution is 2.35. The van der Waals surface area contributed by atoms with Crippen molar-refractivity contribution < 1.29 is 53.2 Å². The molecule has 7 N–H and O–H groups in total. The number of fused-ring (bicyclic) bond motifs is 1. The first kappa shape index (κ1) is 52.9. The quantitative estimate of drug-likeness (QED) is 0.0742. The van der Waals surface area contributed by atoms with Gasteiger partial charge in [-0.1, -0.05) is 64.1 Å². The van der Waals surface area contributed by atoms with Gasteiger partial charge >= 0.3 is 12.1 Å². The minimum absolute atomic E-state index is 0.0442. The summed E-state index contributed by atoms with van der Waals surface area (Å²) in [7, 11) is 0. The first-order valence-corrected chi connectivity index (χ1v) is 22.9. The number of benzene rings is 2. The molecule has 4 amide bonds. The Morgan fingerprint density at radius 2 is 1.32 bits per heavy atom. The monoisotopic (exact) mass is 920 g/mol. The Hall–Kier alpha value is -5.72. The molecule has 1 aliphatic heterocycles. The molecule has 3 unspecified atom stereocenters. The third kappa shape index (κ3) is 17.3. The molecule has 1 saturated carbocycles. The molecule has 0 bridgehead atoms. The molecule has 2 aromatic rings. The molecule has 0 spiro atoms. The highest BCUT2D eigenvalue weighted by Gasteiger charge is 2.35. The minimum Gasteiger partial charge on any atom is -0.508 e. The molecule has 1 aliphatic carbocycles. The lowest BCUT2D eigenvalue weighted by Gasteiger charge is -2.34. The van der Waals surface area contributed by atoms with Crippen LogP contribution in [-0.4, -0.2) is 126 Å². The van der Waals surface area contributed by atoms with Crippen LogP contribution in [0.3, 0.4) is 0 Å². The van der Waals surface area contributed by atoms with Crippen LogP contribution in [-0.2, 0) is 51.0 Å². The number of aliphatic carboxylic acids is 1. The Kier molecular flexibility index (Phi) is 21.2. The van der Waals surface area contributed by atoms with Gasteiger partial charge < -0.3 is 51.0 Å². The van der Waals surface area contributed by atoms with Crippen LogP contribution in [0.4, 0.5) is 4.79 Å². The maximum atomic E-state index is 13.1. The Bertz CT molecular complexity index is 2010. The number of hydrogen-bond donors (Lipinski definition) is 7. The lowest BCUT2D eigenvalue weighted by atomic mass is 9.74.